The highest BCUT2D eigenvalue weighted by Crippen LogP contribution is 2.44. The van der Waals surface area contributed by atoms with E-state index in [9.17, 15) is 14.7 Å². The van der Waals surface area contributed by atoms with Gasteiger partial charge in [-0.3, -0.25) is 4.79 Å². The molecule has 7 nitrogen and oxygen atoms in total. The molecule has 4 rings (SSSR count). The average Bonchev–Trinajstić information content (AvgIpc) is 3.37. The molecule has 0 bridgehead atoms. The molecule has 2 atom stereocenters. The summed E-state index contributed by atoms with van der Waals surface area (Å²) in [6.45, 7) is 8.78. The van der Waals surface area contributed by atoms with Crippen LogP contribution in [-0.4, -0.2) is 40.2 Å². The zero-order valence-corrected chi connectivity index (χ0v) is 22.4. The van der Waals surface area contributed by atoms with Gasteiger partial charge in [0.1, 0.15) is 17.9 Å². The lowest BCUT2D eigenvalue weighted by molar-refractivity contribution is -0.140. The summed E-state index contributed by atoms with van der Waals surface area (Å²) < 4.78 is 5.05. The summed E-state index contributed by atoms with van der Waals surface area (Å²) in [6.07, 6.45) is 1.72. The number of aromatic carboxylic acids is 1. The average molecular weight is 514 g/mol. The van der Waals surface area contributed by atoms with Crippen molar-refractivity contribution in [3.05, 3.63) is 83.7 Å². The standard InChI is InChI=1S/C31H35N3O4/c1-5-20(4)31(6-2,30-33-26-14-10-12-24(29(36)37)28(26)34-30)22-17-15-21(16-18-22)23-11-8-9-13-25(23)32-19-27(35)38-7-3/h8-18,20,32H,5-7,19H2,1-4H3,(H,33,34)(H,36,37). The molecule has 1 heterocycles. The smallest absolute Gasteiger partial charge is 0.337 e. The lowest BCUT2D eigenvalue weighted by Gasteiger charge is -2.37. The number of ether oxygens (including phenoxy) is 1. The Labute approximate surface area is 223 Å². The van der Waals surface area contributed by atoms with Crippen molar-refractivity contribution >= 4 is 28.7 Å². The number of carboxylic acid groups (broad SMARTS) is 1. The summed E-state index contributed by atoms with van der Waals surface area (Å²) in [7, 11) is 0. The number of carboxylic acids is 1. The number of nitrogens with zero attached hydrogens (tertiary/aromatic N) is 1. The van der Waals surface area contributed by atoms with Crippen molar-refractivity contribution in [3.8, 4) is 11.1 Å². The summed E-state index contributed by atoms with van der Waals surface area (Å²) in [5, 5.41) is 12.9. The maximum absolute atomic E-state index is 11.9. The Bertz CT molecular complexity index is 1430. The Hall–Kier alpha value is -4.13. The Morgan fingerprint density at radius 3 is 2.42 bits per heavy atom. The molecule has 0 saturated heterocycles. The van der Waals surface area contributed by atoms with Crippen LogP contribution in [0.15, 0.2) is 66.7 Å². The van der Waals surface area contributed by atoms with Crippen molar-refractivity contribution in [2.24, 2.45) is 5.92 Å². The Kier molecular flexibility index (Phi) is 8.15. The van der Waals surface area contributed by atoms with E-state index < -0.39 is 11.4 Å². The van der Waals surface area contributed by atoms with E-state index in [0.717, 1.165) is 46.6 Å². The van der Waals surface area contributed by atoms with Crippen molar-refractivity contribution in [2.75, 3.05) is 18.5 Å². The van der Waals surface area contributed by atoms with E-state index in [-0.39, 0.29) is 24.0 Å². The van der Waals surface area contributed by atoms with Gasteiger partial charge in [-0.25, -0.2) is 9.78 Å². The number of nitrogens with one attached hydrogen (secondary N) is 2. The van der Waals surface area contributed by atoms with E-state index in [1.807, 2.05) is 30.3 Å². The molecule has 38 heavy (non-hydrogen) atoms. The number of carbonyl (C=O) groups is 2. The number of hydrogen-bond donors (Lipinski definition) is 3. The van der Waals surface area contributed by atoms with E-state index >= 15 is 0 Å². The molecule has 0 saturated carbocycles. The Morgan fingerprint density at radius 1 is 1.03 bits per heavy atom. The van der Waals surface area contributed by atoms with E-state index in [1.54, 1.807) is 19.1 Å². The first kappa shape index (κ1) is 26.9. The molecule has 3 N–H and O–H groups in total. The number of esters is 1. The molecule has 2 unspecified atom stereocenters. The fourth-order valence-corrected chi connectivity index (χ4v) is 5.35. The first-order valence-electron chi connectivity index (χ1n) is 13.2. The van der Waals surface area contributed by atoms with Crippen LogP contribution in [0.1, 0.15) is 62.3 Å². The zero-order chi connectivity index (χ0) is 27.3. The highest BCUT2D eigenvalue weighted by molar-refractivity contribution is 6.01. The highest BCUT2D eigenvalue weighted by atomic mass is 16.5. The van der Waals surface area contributed by atoms with Crippen molar-refractivity contribution in [3.63, 3.8) is 0 Å². The molecule has 0 fully saturated rings. The van der Waals surface area contributed by atoms with Crippen molar-refractivity contribution in [1.29, 1.82) is 0 Å². The first-order valence-corrected chi connectivity index (χ1v) is 13.2. The normalized spacial score (nSPS) is 13.6. The molecule has 0 radical (unpaired) electrons. The van der Waals surface area contributed by atoms with E-state index in [4.69, 9.17) is 9.72 Å². The SMILES string of the molecule is CCOC(=O)CNc1ccccc1-c1ccc(C(CC)(c2nc3c(C(=O)O)cccc3[nH]2)C(C)CC)cc1. The lowest BCUT2D eigenvalue weighted by Crippen LogP contribution is -2.35. The van der Waals surface area contributed by atoms with Gasteiger partial charge in [0.2, 0.25) is 0 Å². The lowest BCUT2D eigenvalue weighted by atomic mass is 9.67. The first-order chi connectivity index (χ1) is 18.3. The quantitative estimate of drug-likeness (QED) is 0.194. The molecule has 0 aliphatic carbocycles. The summed E-state index contributed by atoms with van der Waals surface area (Å²) in [5.41, 5.74) is 4.96. The third-order valence-corrected chi connectivity index (χ3v) is 7.54. The molecule has 0 spiro atoms. The summed E-state index contributed by atoms with van der Waals surface area (Å²) in [4.78, 5) is 32.1. The number of hydrogen-bond acceptors (Lipinski definition) is 5. The van der Waals surface area contributed by atoms with E-state index in [1.165, 1.54) is 0 Å². The van der Waals surface area contributed by atoms with Gasteiger partial charge in [-0.2, -0.15) is 0 Å². The van der Waals surface area contributed by atoms with Crippen LogP contribution in [0.3, 0.4) is 0 Å². The van der Waals surface area contributed by atoms with Gasteiger partial charge in [-0.1, -0.05) is 75.7 Å². The van der Waals surface area contributed by atoms with E-state index in [0.29, 0.717) is 12.1 Å². The van der Waals surface area contributed by atoms with Gasteiger partial charge < -0.3 is 20.1 Å². The number of aromatic amines is 1. The van der Waals surface area contributed by atoms with Crippen molar-refractivity contribution in [1.82, 2.24) is 9.97 Å². The molecule has 198 valence electrons. The molecule has 0 aliphatic rings. The van der Waals surface area contributed by atoms with Crippen LogP contribution in [0.25, 0.3) is 22.2 Å². The third-order valence-electron chi connectivity index (χ3n) is 7.54. The summed E-state index contributed by atoms with van der Waals surface area (Å²) in [5.74, 6) is -0.261. The van der Waals surface area contributed by atoms with Gasteiger partial charge in [0.05, 0.1) is 23.1 Å². The topological polar surface area (TPSA) is 104 Å². The van der Waals surface area contributed by atoms with Crippen molar-refractivity contribution in [2.45, 2.75) is 46.0 Å². The second-order valence-corrected chi connectivity index (χ2v) is 9.51. The molecule has 1 aromatic heterocycles. The maximum atomic E-state index is 11.9. The summed E-state index contributed by atoms with van der Waals surface area (Å²) >= 11 is 0. The second-order valence-electron chi connectivity index (χ2n) is 9.51. The predicted molar refractivity (Wildman–Crippen MR) is 151 cm³/mol. The van der Waals surface area contributed by atoms with Crippen LogP contribution >= 0.6 is 0 Å². The van der Waals surface area contributed by atoms with Gasteiger partial charge in [-0.05, 0) is 48.6 Å². The molecule has 0 aliphatic heterocycles. The number of aromatic nitrogens is 2. The van der Waals surface area contributed by atoms with Gasteiger partial charge in [-0.15, -0.1) is 0 Å². The van der Waals surface area contributed by atoms with Gasteiger partial charge in [0.15, 0.2) is 0 Å². The van der Waals surface area contributed by atoms with Crippen LogP contribution in [0, 0.1) is 5.92 Å². The van der Waals surface area contributed by atoms with Crippen LogP contribution < -0.4 is 5.32 Å². The minimum absolute atomic E-state index is 0.0975. The number of imidazole rings is 1. The number of benzene rings is 3. The van der Waals surface area contributed by atoms with Gasteiger partial charge in [0, 0.05) is 11.3 Å². The number of fused-ring (bicyclic) bond motifs is 1. The van der Waals surface area contributed by atoms with Crippen molar-refractivity contribution < 1.29 is 19.4 Å². The third kappa shape index (κ3) is 5.01. The van der Waals surface area contributed by atoms with Crippen LogP contribution in [0.2, 0.25) is 0 Å². The number of anilines is 1. The molecular weight excluding hydrogens is 478 g/mol. The van der Waals surface area contributed by atoms with Gasteiger partial charge >= 0.3 is 11.9 Å². The summed E-state index contributed by atoms with van der Waals surface area (Å²) in [6, 6.07) is 21.6. The maximum Gasteiger partial charge on any atom is 0.337 e. The number of H-pyrrole nitrogens is 1. The molecular formula is C31H35N3O4. The van der Waals surface area contributed by atoms with Gasteiger partial charge in [0.25, 0.3) is 0 Å². The number of rotatable bonds is 11. The van der Waals surface area contributed by atoms with Crippen LogP contribution in [0.4, 0.5) is 5.69 Å². The predicted octanol–water partition coefficient (Wildman–Crippen LogP) is 6.65. The minimum Gasteiger partial charge on any atom is -0.478 e. The number of para-hydroxylation sites is 2. The largest absolute Gasteiger partial charge is 0.478 e. The Balaban J connectivity index is 1.75. The molecule has 7 heteroatoms. The minimum atomic E-state index is -0.987. The monoisotopic (exact) mass is 513 g/mol. The Morgan fingerprint density at radius 2 is 1.76 bits per heavy atom. The molecule has 3 aromatic carbocycles. The van der Waals surface area contributed by atoms with E-state index in [2.05, 4.69) is 55.3 Å². The second kappa shape index (κ2) is 11.5. The fourth-order valence-electron chi connectivity index (χ4n) is 5.35. The zero-order valence-electron chi connectivity index (χ0n) is 22.4. The highest BCUT2D eigenvalue weighted by Gasteiger charge is 2.40. The van der Waals surface area contributed by atoms with Crippen LogP contribution in [0.5, 0.6) is 0 Å². The number of carbonyl (C=O) groups excluding carboxylic acids is 1. The molecule has 0 amide bonds. The fraction of sp³-hybridized carbons (Fsp3) is 0.323. The molecule has 4 aromatic rings. The van der Waals surface area contributed by atoms with Crippen LogP contribution in [-0.2, 0) is 14.9 Å².